The van der Waals surface area contributed by atoms with Crippen LogP contribution in [-0.4, -0.2) is 46.7 Å². The average Bonchev–Trinajstić information content (AvgIpc) is 2.76. The van der Waals surface area contributed by atoms with E-state index in [1.807, 2.05) is 30.3 Å². The van der Waals surface area contributed by atoms with Gasteiger partial charge in [-0.15, -0.1) is 0 Å². The fourth-order valence-electron chi connectivity index (χ4n) is 4.43. The Morgan fingerprint density at radius 3 is 2.43 bits per heavy atom. The van der Waals surface area contributed by atoms with Gasteiger partial charge in [-0.25, -0.2) is 0 Å². The van der Waals surface area contributed by atoms with Gasteiger partial charge in [-0.1, -0.05) is 49.6 Å². The van der Waals surface area contributed by atoms with Crippen molar-refractivity contribution >= 4 is 23.6 Å². The average molecular weight is 386 g/mol. The largest absolute Gasteiger partial charge is 0.480 e. The molecule has 1 aliphatic carbocycles. The molecule has 1 saturated heterocycles. The summed E-state index contributed by atoms with van der Waals surface area (Å²) >= 11 is 0. The number of rotatable bonds is 5. The van der Waals surface area contributed by atoms with Crippen LogP contribution in [0.15, 0.2) is 30.3 Å². The van der Waals surface area contributed by atoms with Gasteiger partial charge in [0.05, 0.1) is 0 Å². The van der Waals surface area contributed by atoms with Crippen LogP contribution in [0.1, 0.15) is 44.1 Å². The standard InChI is InChI=1S/C21H26N2O5/c24-16-11-21(9-5-2-6-10-21)14-23(13-15-7-3-1-4-8-15)20(28)18(16)19(27)22-12-17(25)26/h1,3-4,7-8,18H,2,5-6,9-14H2,(H,22,27)(H,25,26). The number of aliphatic carboxylic acids is 1. The Morgan fingerprint density at radius 2 is 1.79 bits per heavy atom. The van der Waals surface area contributed by atoms with Gasteiger partial charge < -0.3 is 15.3 Å². The lowest BCUT2D eigenvalue weighted by atomic mass is 9.70. The molecule has 150 valence electrons. The van der Waals surface area contributed by atoms with E-state index in [1.54, 1.807) is 4.90 Å². The minimum Gasteiger partial charge on any atom is -0.480 e. The van der Waals surface area contributed by atoms with Crippen LogP contribution in [0.3, 0.4) is 0 Å². The molecule has 28 heavy (non-hydrogen) atoms. The number of hydrogen-bond donors (Lipinski definition) is 2. The summed E-state index contributed by atoms with van der Waals surface area (Å²) in [6, 6.07) is 9.48. The lowest BCUT2D eigenvalue weighted by molar-refractivity contribution is -0.148. The molecule has 7 nitrogen and oxygen atoms in total. The number of ketones is 1. The third-order valence-electron chi connectivity index (χ3n) is 5.76. The first-order valence-corrected chi connectivity index (χ1v) is 9.75. The first-order chi connectivity index (χ1) is 13.4. The summed E-state index contributed by atoms with van der Waals surface area (Å²) in [6.07, 6.45) is 5.05. The van der Waals surface area contributed by atoms with Gasteiger partial charge in [0.1, 0.15) is 6.54 Å². The number of hydrogen-bond acceptors (Lipinski definition) is 4. The number of carbonyl (C=O) groups is 4. The molecule has 3 rings (SSSR count). The fourth-order valence-corrected chi connectivity index (χ4v) is 4.43. The van der Waals surface area contributed by atoms with E-state index in [-0.39, 0.29) is 11.8 Å². The lowest BCUT2D eigenvalue weighted by Gasteiger charge is -2.39. The van der Waals surface area contributed by atoms with Crippen LogP contribution in [-0.2, 0) is 25.7 Å². The van der Waals surface area contributed by atoms with Crippen molar-refractivity contribution in [3.05, 3.63) is 35.9 Å². The predicted molar refractivity (Wildman–Crippen MR) is 101 cm³/mol. The molecule has 2 amide bonds. The molecule has 1 aromatic carbocycles. The highest BCUT2D eigenvalue weighted by Crippen LogP contribution is 2.43. The summed E-state index contributed by atoms with van der Waals surface area (Å²) < 4.78 is 0. The van der Waals surface area contributed by atoms with E-state index >= 15 is 0 Å². The molecule has 2 fully saturated rings. The second-order valence-corrected chi connectivity index (χ2v) is 7.93. The topological polar surface area (TPSA) is 104 Å². The summed E-state index contributed by atoms with van der Waals surface area (Å²) in [7, 11) is 0. The minimum absolute atomic E-state index is 0.190. The van der Waals surface area contributed by atoms with Crippen LogP contribution in [0.25, 0.3) is 0 Å². The van der Waals surface area contributed by atoms with Crippen LogP contribution in [0.5, 0.6) is 0 Å². The quantitative estimate of drug-likeness (QED) is 0.751. The molecule has 1 atom stereocenters. The number of Topliss-reactive ketones (excluding diaryl/α,β-unsaturated/α-hetero) is 1. The summed E-state index contributed by atoms with van der Waals surface area (Å²) in [5.74, 6) is -4.43. The molecular weight excluding hydrogens is 360 g/mol. The van der Waals surface area contributed by atoms with Crippen molar-refractivity contribution in [2.75, 3.05) is 13.1 Å². The molecule has 1 heterocycles. The van der Waals surface area contributed by atoms with E-state index in [0.29, 0.717) is 13.1 Å². The summed E-state index contributed by atoms with van der Waals surface area (Å²) in [4.78, 5) is 51.0. The van der Waals surface area contributed by atoms with Gasteiger partial charge in [0.2, 0.25) is 11.8 Å². The third-order valence-corrected chi connectivity index (χ3v) is 5.76. The first-order valence-electron chi connectivity index (χ1n) is 9.75. The van der Waals surface area contributed by atoms with E-state index in [2.05, 4.69) is 5.32 Å². The normalized spacial score (nSPS) is 22.0. The van der Waals surface area contributed by atoms with Crippen molar-refractivity contribution < 1.29 is 24.3 Å². The molecule has 0 bridgehead atoms. The Bertz CT molecular complexity index is 755. The monoisotopic (exact) mass is 386 g/mol. The zero-order chi connectivity index (χ0) is 20.1. The summed E-state index contributed by atoms with van der Waals surface area (Å²) in [6.45, 7) is 0.173. The Hall–Kier alpha value is -2.70. The fraction of sp³-hybridized carbons (Fsp3) is 0.524. The number of carboxylic acids is 1. The number of amides is 2. The van der Waals surface area contributed by atoms with Crippen LogP contribution >= 0.6 is 0 Å². The van der Waals surface area contributed by atoms with Crippen molar-refractivity contribution in [2.24, 2.45) is 11.3 Å². The lowest BCUT2D eigenvalue weighted by Crippen LogP contribution is -2.46. The molecule has 2 aliphatic rings. The summed E-state index contributed by atoms with van der Waals surface area (Å²) in [5.41, 5.74) is 0.641. The Labute approximate surface area is 164 Å². The van der Waals surface area contributed by atoms with Crippen molar-refractivity contribution in [2.45, 2.75) is 45.1 Å². The smallest absolute Gasteiger partial charge is 0.322 e. The second kappa shape index (κ2) is 8.54. The number of benzene rings is 1. The van der Waals surface area contributed by atoms with Gasteiger partial charge in [-0.2, -0.15) is 0 Å². The molecule has 0 aromatic heterocycles. The molecule has 1 aromatic rings. The number of nitrogens with zero attached hydrogens (tertiary/aromatic N) is 1. The number of carboxylic acid groups (broad SMARTS) is 1. The van der Waals surface area contributed by atoms with Crippen LogP contribution in [0, 0.1) is 11.3 Å². The molecule has 7 heteroatoms. The van der Waals surface area contributed by atoms with Crippen LogP contribution in [0.4, 0.5) is 0 Å². The molecule has 1 saturated carbocycles. The SMILES string of the molecule is O=C(O)CNC(=O)C1C(=O)CC2(CCCCC2)CN(Cc2ccccc2)C1=O. The highest BCUT2D eigenvalue weighted by Gasteiger charge is 2.47. The maximum atomic E-state index is 13.2. The molecule has 0 radical (unpaired) electrons. The van der Waals surface area contributed by atoms with Crippen LogP contribution in [0.2, 0.25) is 0 Å². The zero-order valence-electron chi connectivity index (χ0n) is 15.9. The molecule has 1 spiro atoms. The van der Waals surface area contributed by atoms with Gasteiger partial charge in [0.25, 0.3) is 0 Å². The third kappa shape index (κ3) is 4.58. The van der Waals surface area contributed by atoms with E-state index in [0.717, 1.165) is 37.7 Å². The highest BCUT2D eigenvalue weighted by atomic mass is 16.4. The molecule has 1 aliphatic heterocycles. The number of likely N-dealkylation sites (tertiary alicyclic amines) is 1. The van der Waals surface area contributed by atoms with Crippen molar-refractivity contribution in [3.63, 3.8) is 0 Å². The van der Waals surface area contributed by atoms with Gasteiger partial charge in [-0.05, 0) is 23.8 Å². The Balaban J connectivity index is 1.88. The molecule has 1 unspecified atom stereocenters. The molecule has 2 N–H and O–H groups in total. The maximum Gasteiger partial charge on any atom is 0.322 e. The van der Waals surface area contributed by atoms with Crippen molar-refractivity contribution in [1.82, 2.24) is 10.2 Å². The Kier molecular flexibility index (Phi) is 6.11. The minimum atomic E-state index is -1.47. The highest BCUT2D eigenvalue weighted by molar-refractivity contribution is 6.18. The Morgan fingerprint density at radius 1 is 1.11 bits per heavy atom. The van der Waals surface area contributed by atoms with E-state index in [9.17, 15) is 19.2 Å². The predicted octanol–water partition coefficient (Wildman–Crippen LogP) is 1.76. The van der Waals surface area contributed by atoms with Crippen molar-refractivity contribution in [1.29, 1.82) is 0 Å². The second-order valence-electron chi connectivity index (χ2n) is 7.93. The number of nitrogens with one attached hydrogen (secondary N) is 1. The van der Waals surface area contributed by atoms with E-state index < -0.39 is 36.0 Å². The van der Waals surface area contributed by atoms with E-state index in [4.69, 9.17) is 5.11 Å². The number of carbonyl (C=O) groups excluding carboxylic acids is 3. The van der Waals surface area contributed by atoms with E-state index in [1.165, 1.54) is 0 Å². The van der Waals surface area contributed by atoms with Crippen LogP contribution < -0.4 is 5.32 Å². The van der Waals surface area contributed by atoms with Gasteiger partial charge in [-0.3, -0.25) is 19.2 Å². The molecular formula is C21H26N2O5. The maximum absolute atomic E-state index is 13.2. The first kappa shape index (κ1) is 20.0. The van der Waals surface area contributed by atoms with Crippen molar-refractivity contribution in [3.8, 4) is 0 Å². The van der Waals surface area contributed by atoms with Gasteiger partial charge in [0.15, 0.2) is 11.7 Å². The zero-order valence-corrected chi connectivity index (χ0v) is 15.9. The van der Waals surface area contributed by atoms with Gasteiger partial charge in [0, 0.05) is 19.5 Å². The van der Waals surface area contributed by atoms with Gasteiger partial charge >= 0.3 is 5.97 Å². The summed E-state index contributed by atoms with van der Waals surface area (Å²) in [5, 5.41) is 11.0.